The first kappa shape index (κ1) is 9.42. The Balaban J connectivity index is 4.26. The number of hydrogen-bond acceptors (Lipinski definition) is 0. The van der Waals surface area contributed by atoms with Crippen LogP contribution in [0.4, 0.5) is 4.39 Å². The van der Waals surface area contributed by atoms with E-state index in [1.807, 2.05) is 13.8 Å². The molecular weight excluding hydrogens is 129 g/mol. The van der Waals surface area contributed by atoms with Gasteiger partial charge in [-0.15, -0.1) is 0 Å². The molecule has 0 aliphatic carbocycles. The summed E-state index contributed by atoms with van der Waals surface area (Å²) in [7, 11) is 0. The second kappa shape index (κ2) is 3.01. The van der Waals surface area contributed by atoms with Crippen molar-refractivity contribution in [3.63, 3.8) is 0 Å². The van der Waals surface area contributed by atoms with E-state index in [0.717, 1.165) is 0 Å². The normalized spacial score (nSPS) is 14.9. The number of hydrogen-bond donors (Lipinski definition) is 0. The molecule has 1 unspecified atom stereocenters. The van der Waals surface area contributed by atoms with E-state index >= 15 is 0 Å². The predicted octanol–water partition coefficient (Wildman–Crippen LogP) is 2.68. The van der Waals surface area contributed by atoms with Crippen molar-refractivity contribution in [3.05, 3.63) is 11.4 Å². The van der Waals surface area contributed by atoms with Gasteiger partial charge in [0, 0.05) is 5.92 Å². The van der Waals surface area contributed by atoms with Crippen LogP contribution < -0.4 is 0 Å². The van der Waals surface area contributed by atoms with Gasteiger partial charge in [-0.3, -0.25) is 0 Å². The number of rotatable bonds is 2. The van der Waals surface area contributed by atoms with Gasteiger partial charge in [-0.1, -0.05) is 13.8 Å². The fourth-order valence-electron chi connectivity index (χ4n) is 1.10. The molecule has 58 valence electrons. The van der Waals surface area contributed by atoms with Crippen molar-refractivity contribution in [2.75, 3.05) is 0 Å². The molecule has 0 aromatic rings. The van der Waals surface area contributed by atoms with Crippen molar-refractivity contribution in [2.45, 2.75) is 39.4 Å². The third-order valence-electron chi connectivity index (χ3n) is 1.47. The Hall–Kier alpha value is -0.580. The van der Waals surface area contributed by atoms with E-state index < -0.39 is 11.7 Å². The first-order valence-corrected chi connectivity index (χ1v) is 3.45. The van der Waals surface area contributed by atoms with Gasteiger partial charge < -0.3 is 4.85 Å². The molecule has 0 saturated carbocycles. The van der Waals surface area contributed by atoms with Crippen LogP contribution in [0.1, 0.15) is 27.7 Å². The summed E-state index contributed by atoms with van der Waals surface area (Å²) in [5, 5.41) is 0. The van der Waals surface area contributed by atoms with Crippen LogP contribution in [0.25, 0.3) is 4.85 Å². The number of halogens is 1. The van der Waals surface area contributed by atoms with E-state index in [9.17, 15) is 4.39 Å². The number of nitrogens with zero attached hydrogens (tertiary/aromatic N) is 1. The van der Waals surface area contributed by atoms with E-state index in [1.165, 1.54) is 13.8 Å². The average molecular weight is 143 g/mol. The van der Waals surface area contributed by atoms with Gasteiger partial charge >= 0.3 is 0 Å². The molecule has 0 spiro atoms. The largest absolute Gasteiger partial charge is 0.310 e. The molecule has 1 atom stereocenters. The fraction of sp³-hybridized carbons (Fsp3) is 0.875. The first-order chi connectivity index (χ1) is 4.39. The van der Waals surface area contributed by atoms with Crippen LogP contribution in [0.3, 0.4) is 0 Å². The minimum absolute atomic E-state index is 0.0949. The smallest absolute Gasteiger partial charge is 0.258 e. The second-order valence-corrected chi connectivity index (χ2v) is 3.38. The summed E-state index contributed by atoms with van der Waals surface area (Å²) in [6.45, 7) is 13.4. The van der Waals surface area contributed by atoms with Crippen molar-refractivity contribution < 1.29 is 4.39 Å². The van der Waals surface area contributed by atoms with Crippen molar-refractivity contribution >= 4 is 0 Å². The van der Waals surface area contributed by atoms with E-state index in [1.54, 1.807) is 0 Å². The third-order valence-corrected chi connectivity index (χ3v) is 1.47. The Labute approximate surface area is 62.1 Å². The van der Waals surface area contributed by atoms with Crippen molar-refractivity contribution in [1.29, 1.82) is 0 Å². The zero-order chi connectivity index (χ0) is 8.36. The monoisotopic (exact) mass is 143 g/mol. The molecule has 0 saturated heterocycles. The van der Waals surface area contributed by atoms with Crippen LogP contribution in [-0.4, -0.2) is 11.7 Å². The van der Waals surface area contributed by atoms with Gasteiger partial charge in [-0.25, -0.2) is 11.0 Å². The summed E-state index contributed by atoms with van der Waals surface area (Å²) in [6, 6.07) is -0.507. The summed E-state index contributed by atoms with van der Waals surface area (Å²) >= 11 is 0. The van der Waals surface area contributed by atoms with Gasteiger partial charge in [-0.05, 0) is 13.8 Å². The van der Waals surface area contributed by atoms with Gasteiger partial charge in [0.05, 0.1) is 0 Å². The quantitative estimate of drug-likeness (QED) is 0.523. The first-order valence-electron chi connectivity index (χ1n) is 3.45. The lowest BCUT2D eigenvalue weighted by Crippen LogP contribution is -2.32. The van der Waals surface area contributed by atoms with Crippen LogP contribution in [0, 0.1) is 12.5 Å². The highest BCUT2D eigenvalue weighted by Gasteiger charge is 2.37. The lowest BCUT2D eigenvalue weighted by molar-refractivity contribution is 0.166. The molecule has 0 amide bonds. The molecule has 0 aromatic carbocycles. The summed E-state index contributed by atoms with van der Waals surface area (Å²) in [5.74, 6) is 0.0949. The van der Waals surface area contributed by atoms with Gasteiger partial charge in [0.1, 0.15) is 0 Å². The molecule has 0 N–H and O–H groups in total. The minimum Gasteiger partial charge on any atom is -0.310 e. The van der Waals surface area contributed by atoms with Crippen LogP contribution >= 0.6 is 0 Å². The van der Waals surface area contributed by atoms with E-state index in [2.05, 4.69) is 4.85 Å². The molecule has 0 rings (SSSR count). The van der Waals surface area contributed by atoms with Crippen LogP contribution in [0.15, 0.2) is 0 Å². The number of alkyl halides is 1. The highest BCUT2D eigenvalue weighted by atomic mass is 19.1. The molecule has 1 nitrogen and oxygen atoms in total. The molecule has 0 fully saturated rings. The zero-order valence-corrected chi connectivity index (χ0v) is 6.98. The van der Waals surface area contributed by atoms with Gasteiger partial charge in [0.2, 0.25) is 0 Å². The maximum absolute atomic E-state index is 13.1. The summed E-state index contributed by atoms with van der Waals surface area (Å²) in [4.78, 5) is 3.23. The molecule has 10 heavy (non-hydrogen) atoms. The highest BCUT2D eigenvalue weighted by molar-refractivity contribution is 4.94. The van der Waals surface area contributed by atoms with E-state index in [-0.39, 0.29) is 5.92 Å². The SMILES string of the molecule is [C-]#[N+]C(C(C)C)C(C)(C)F. The third kappa shape index (κ3) is 2.34. The lowest BCUT2D eigenvalue weighted by Gasteiger charge is -2.18. The Bertz CT molecular complexity index is 138. The fourth-order valence-corrected chi connectivity index (χ4v) is 1.10. The van der Waals surface area contributed by atoms with Crippen molar-refractivity contribution in [1.82, 2.24) is 0 Å². The molecule has 0 radical (unpaired) electrons. The van der Waals surface area contributed by atoms with Crippen LogP contribution in [0.5, 0.6) is 0 Å². The average Bonchev–Trinajstić information content (AvgIpc) is 1.60. The van der Waals surface area contributed by atoms with Gasteiger partial charge in [0.25, 0.3) is 6.04 Å². The second-order valence-electron chi connectivity index (χ2n) is 3.38. The van der Waals surface area contributed by atoms with Crippen molar-refractivity contribution in [2.24, 2.45) is 5.92 Å². The van der Waals surface area contributed by atoms with Crippen LogP contribution in [-0.2, 0) is 0 Å². The van der Waals surface area contributed by atoms with E-state index in [0.29, 0.717) is 0 Å². The minimum atomic E-state index is -1.37. The summed E-state index contributed by atoms with van der Waals surface area (Å²) < 4.78 is 13.1. The van der Waals surface area contributed by atoms with Gasteiger partial charge in [0.15, 0.2) is 5.67 Å². The van der Waals surface area contributed by atoms with E-state index in [4.69, 9.17) is 6.57 Å². The molecule has 2 heteroatoms. The lowest BCUT2D eigenvalue weighted by atomic mass is 9.92. The Morgan fingerprint density at radius 1 is 1.40 bits per heavy atom. The predicted molar refractivity (Wildman–Crippen MR) is 40.4 cm³/mol. The standard InChI is InChI=1S/C8H14FN/c1-6(2)7(10-5)8(3,4)9/h6-7H,1-4H3. The maximum atomic E-state index is 13.1. The van der Waals surface area contributed by atoms with Crippen molar-refractivity contribution in [3.8, 4) is 0 Å². The highest BCUT2D eigenvalue weighted by Crippen LogP contribution is 2.23. The molecule has 0 aromatic heterocycles. The molecule has 0 bridgehead atoms. The maximum Gasteiger partial charge on any atom is 0.258 e. The Morgan fingerprint density at radius 2 is 1.80 bits per heavy atom. The molecule has 0 heterocycles. The van der Waals surface area contributed by atoms with Gasteiger partial charge in [-0.2, -0.15) is 0 Å². The topological polar surface area (TPSA) is 4.36 Å². The Kier molecular flexibility index (Phi) is 2.83. The molecule has 0 aliphatic heterocycles. The molecular formula is C8H14FN. The Morgan fingerprint density at radius 3 is 1.80 bits per heavy atom. The zero-order valence-electron chi connectivity index (χ0n) is 6.98. The summed E-state index contributed by atoms with van der Waals surface area (Å²) in [6.07, 6.45) is 0. The van der Waals surface area contributed by atoms with Crippen LogP contribution in [0.2, 0.25) is 0 Å². The summed E-state index contributed by atoms with van der Waals surface area (Å²) in [5.41, 5.74) is -1.37. The molecule has 0 aliphatic rings.